The second-order valence-corrected chi connectivity index (χ2v) is 3.96. The molecule has 0 aliphatic heterocycles. The smallest absolute Gasteiger partial charge is 0.314 e. The number of H-pyrrole nitrogens is 2. The fourth-order valence-electron chi connectivity index (χ4n) is 1.68. The first-order valence-corrected chi connectivity index (χ1v) is 5.66. The van der Waals surface area contributed by atoms with Crippen molar-refractivity contribution < 1.29 is 0 Å². The van der Waals surface area contributed by atoms with Crippen molar-refractivity contribution in [2.45, 2.75) is 19.9 Å². The van der Waals surface area contributed by atoms with E-state index in [1.165, 1.54) is 0 Å². The summed E-state index contributed by atoms with van der Waals surface area (Å²) >= 11 is 0. The van der Waals surface area contributed by atoms with Crippen LogP contribution in [0.1, 0.15) is 18.9 Å². The standard InChI is InChI=1S/C12H15N3O2/c1-2-5-13-7-8-3-4-9-10(6-8)15-12(17)11(16)14-9/h3-4,6,13H,2,5,7H2,1H3,(H,14,16)(H,15,17). The van der Waals surface area contributed by atoms with E-state index in [0.29, 0.717) is 11.0 Å². The molecule has 0 bridgehead atoms. The van der Waals surface area contributed by atoms with Crippen molar-refractivity contribution in [3.63, 3.8) is 0 Å². The van der Waals surface area contributed by atoms with E-state index in [1.807, 2.05) is 12.1 Å². The van der Waals surface area contributed by atoms with Crippen molar-refractivity contribution in [2.24, 2.45) is 0 Å². The normalized spacial score (nSPS) is 10.9. The highest BCUT2D eigenvalue weighted by Crippen LogP contribution is 2.08. The van der Waals surface area contributed by atoms with Crippen molar-refractivity contribution in [2.75, 3.05) is 6.54 Å². The summed E-state index contributed by atoms with van der Waals surface area (Å²) in [6.45, 7) is 3.82. The third kappa shape index (κ3) is 2.62. The molecule has 1 aromatic carbocycles. The Hall–Kier alpha value is -1.88. The van der Waals surface area contributed by atoms with Gasteiger partial charge < -0.3 is 15.3 Å². The van der Waals surface area contributed by atoms with Gasteiger partial charge in [-0.15, -0.1) is 0 Å². The van der Waals surface area contributed by atoms with Gasteiger partial charge in [-0.3, -0.25) is 9.59 Å². The summed E-state index contributed by atoms with van der Waals surface area (Å²) in [5.41, 5.74) is 1.15. The molecule has 0 saturated heterocycles. The van der Waals surface area contributed by atoms with Crippen molar-refractivity contribution in [3.8, 4) is 0 Å². The number of hydrogen-bond donors (Lipinski definition) is 3. The quantitative estimate of drug-likeness (QED) is 0.537. The SMILES string of the molecule is CCCNCc1ccc2[nH]c(=O)c(=O)[nH]c2c1. The maximum absolute atomic E-state index is 11.2. The maximum atomic E-state index is 11.2. The van der Waals surface area contributed by atoms with E-state index >= 15 is 0 Å². The summed E-state index contributed by atoms with van der Waals surface area (Å²) in [5.74, 6) is 0. The Labute approximate surface area is 97.9 Å². The molecule has 0 atom stereocenters. The van der Waals surface area contributed by atoms with E-state index in [9.17, 15) is 9.59 Å². The highest BCUT2D eigenvalue weighted by atomic mass is 16.2. The summed E-state index contributed by atoms with van der Waals surface area (Å²) in [4.78, 5) is 27.4. The Balaban J connectivity index is 2.33. The molecule has 1 heterocycles. The van der Waals surface area contributed by atoms with Crippen LogP contribution in [0.2, 0.25) is 0 Å². The van der Waals surface area contributed by atoms with Gasteiger partial charge in [-0.25, -0.2) is 0 Å². The molecule has 0 spiro atoms. The molecular weight excluding hydrogens is 218 g/mol. The lowest BCUT2D eigenvalue weighted by Crippen LogP contribution is -2.28. The van der Waals surface area contributed by atoms with Crippen molar-refractivity contribution in [3.05, 3.63) is 44.5 Å². The lowest BCUT2D eigenvalue weighted by atomic mass is 10.2. The maximum Gasteiger partial charge on any atom is 0.314 e. The van der Waals surface area contributed by atoms with E-state index in [4.69, 9.17) is 0 Å². The minimum atomic E-state index is -0.616. The lowest BCUT2D eigenvalue weighted by molar-refractivity contribution is 0.676. The molecule has 0 fully saturated rings. The van der Waals surface area contributed by atoms with Gasteiger partial charge in [0.25, 0.3) is 0 Å². The third-order valence-electron chi connectivity index (χ3n) is 2.54. The number of nitrogens with one attached hydrogen (secondary N) is 3. The molecule has 90 valence electrons. The Morgan fingerprint density at radius 3 is 2.53 bits per heavy atom. The van der Waals surface area contributed by atoms with Crippen LogP contribution in [0.25, 0.3) is 11.0 Å². The summed E-state index contributed by atoms with van der Waals surface area (Å²) in [6, 6.07) is 5.60. The van der Waals surface area contributed by atoms with E-state index in [2.05, 4.69) is 22.2 Å². The molecule has 5 heteroatoms. The predicted octanol–water partition coefficient (Wildman–Crippen LogP) is 0.716. The van der Waals surface area contributed by atoms with Crippen LogP contribution >= 0.6 is 0 Å². The summed E-state index contributed by atoms with van der Waals surface area (Å²) < 4.78 is 0. The number of fused-ring (bicyclic) bond motifs is 1. The van der Waals surface area contributed by atoms with Crippen LogP contribution in [0.3, 0.4) is 0 Å². The van der Waals surface area contributed by atoms with Crippen LogP contribution in [0, 0.1) is 0 Å². The molecule has 3 N–H and O–H groups in total. The highest BCUT2D eigenvalue weighted by molar-refractivity contribution is 5.74. The molecule has 2 aromatic rings. The number of aromatic nitrogens is 2. The zero-order valence-electron chi connectivity index (χ0n) is 9.67. The number of hydrogen-bond acceptors (Lipinski definition) is 3. The second kappa shape index (κ2) is 4.97. The first-order chi connectivity index (χ1) is 8.20. The van der Waals surface area contributed by atoms with Crippen LogP contribution in [0.4, 0.5) is 0 Å². The zero-order chi connectivity index (χ0) is 12.3. The topological polar surface area (TPSA) is 77.8 Å². The molecule has 0 radical (unpaired) electrons. The van der Waals surface area contributed by atoms with Crippen LogP contribution in [-0.4, -0.2) is 16.5 Å². The first-order valence-electron chi connectivity index (χ1n) is 5.66. The van der Waals surface area contributed by atoms with Gasteiger partial charge in [0.2, 0.25) is 0 Å². The van der Waals surface area contributed by atoms with Crippen LogP contribution < -0.4 is 16.4 Å². The van der Waals surface area contributed by atoms with Gasteiger partial charge in [-0.05, 0) is 30.7 Å². The van der Waals surface area contributed by atoms with Crippen molar-refractivity contribution >= 4 is 11.0 Å². The average Bonchev–Trinajstić information content (AvgIpc) is 2.31. The highest BCUT2D eigenvalue weighted by Gasteiger charge is 2.00. The van der Waals surface area contributed by atoms with Gasteiger partial charge in [0.1, 0.15) is 0 Å². The molecule has 17 heavy (non-hydrogen) atoms. The van der Waals surface area contributed by atoms with Gasteiger partial charge in [-0.1, -0.05) is 13.0 Å². The van der Waals surface area contributed by atoms with Gasteiger partial charge in [0.05, 0.1) is 11.0 Å². The molecular formula is C12H15N3O2. The molecule has 0 saturated carbocycles. The van der Waals surface area contributed by atoms with Gasteiger partial charge in [0, 0.05) is 6.54 Å². The number of aromatic amines is 2. The minimum absolute atomic E-state index is 0.615. The van der Waals surface area contributed by atoms with Crippen LogP contribution in [-0.2, 0) is 6.54 Å². The fourth-order valence-corrected chi connectivity index (χ4v) is 1.68. The summed E-state index contributed by atoms with van der Waals surface area (Å²) in [6.07, 6.45) is 1.08. The Kier molecular flexibility index (Phi) is 3.39. The Morgan fingerprint density at radius 2 is 1.82 bits per heavy atom. The summed E-state index contributed by atoms with van der Waals surface area (Å²) in [5, 5.41) is 3.28. The van der Waals surface area contributed by atoms with Gasteiger partial charge in [0.15, 0.2) is 0 Å². The molecule has 0 aliphatic carbocycles. The molecule has 0 unspecified atom stereocenters. The van der Waals surface area contributed by atoms with Gasteiger partial charge in [-0.2, -0.15) is 0 Å². The van der Waals surface area contributed by atoms with E-state index in [1.54, 1.807) is 6.07 Å². The predicted molar refractivity (Wildman–Crippen MR) is 67.2 cm³/mol. The second-order valence-electron chi connectivity index (χ2n) is 3.96. The van der Waals surface area contributed by atoms with Crippen LogP contribution in [0.5, 0.6) is 0 Å². The zero-order valence-corrected chi connectivity index (χ0v) is 9.67. The minimum Gasteiger partial charge on any atom is -0.316 e. The van der Waals surface area contributed by atoms with E-state index in [-0.39, 0.29) is 0 Å². The Bertz CT molecular complexity index is 627. The van der Waals surface area contributed by atoms with Crippen molar-refractivity contribution in [1.82, 2.24) is 15.3 Å². The van der Waals surface area contributed by atoms with Crippen LogP contribution in [0.15, 0.2) is 27.8 Å². The number of rotatable bonds is 4. The first kappa shape index (κ1) is 11.6. The van der Waals surface area contributed by atoms with E-state index < -0.39 is 11.1 Å². The molecule has 0 amide bonds. The van der Waals surface area contributed by atoms with E-state index in [0.717, 1.165) is 25.1 Å². The average molecular weight is 233 g/mol. The summed E-state index contributed by atoms with van der Waals surface area (Å²) in [7, 11) is 0. The molecule has 5 nitrogen and oxygen atoms in total. The largest absolute Gasteiger partial charge is 0.316 e. The fraction of sp³-hybridized carbons (Fsp3) is 0.333. The van der Waals surface area contributed by atoms with Crippen molar-refractivity contribution in [1.29, 1.82) is 0 Å². The molecule has 0 aliphatic rings. The lowest BCUT2D eigenvalue weighted by Gasteiger charge is -2.04. The molecule has 1 aromatic heterocycles. The third-order valence-corrected chi connectivity index (χ3v) is 2.54. The molecule has 2 rings (SSSR count). The van der Waals surface area contributed by atoms with Gasteiger partial charge >= 0.3 is 11.1 Å². The number of benzene rings is 1. The Morgan fingerprint density at radius 1 is 1.12 bits per heavy atom. The monoisotopic (exact) mass is 233 g/mol.